The minimum atomic E-state index is -0.119. The Kier molecular flexibility index (Phi) is 3.15. The molecule has 0 aliphatic carbocycles. The summed E-state index contributed by atoms with van der Waals surface area (Å²) in [5, 5.41) is 6.65. The van der Waals surface area contributed by atoms with Gasteiger partial charge in [-0.15, -0.1) is 0 Å². The Labute approximate surface area is 117 Å². The van der Waals surface area contributed by atoms with Crippen molar-refractivity contribution < 1.29 is 4.79 Å². The molecular weight excluding hydrogens is 314 g/mol. The molecule has 0 bridgehead atoms. The smallest absolute Gasteiger partial charge is 0.257 e. The van der Waals surface area contributed by atoms with E-state index in [0.717, 1.165) is 16.9 Å². The number of nitrogens with one attached hydrogen (secondary N) is 2. The molecule has 1 amide bonds. The number of benzene rings is 1. The van der Waals surface area contributed by atoms with Crippen LogP contribution in [0.5, 0.6) is 0 Å². The van der Waals surface area contributed by atoms with Crippen molar-refractivity contribution in [3.05, 3.63) is 44.9 Å². The minimum Gasteiger partial charge on any atom is -0.309 e. The second-order valence-electron chi connectivity index (χ2n) is 4.01. The van der Waals surface area contributed by atoms with Crippen LogP contribution in [0.3, 0.4) is 0 Å². The molecule has 0 fully saturated rings. The van der Waals surface area contributed by atoms with Gasteiger partial charge < -0.3 is 5.32 Å². The molecule has 0 spiro atoms. The van der Waals surface area contributed by atoms with Gasteiger partial charge in [0.2, 0.25) is 0 Å². The van der Waals surface area contributed by atoms with Crippen LogP contribution in [0.2, 0.25) is 0 Å². The molecule has 1 aromatic carbocycles. The van der Waals surface area contributed by atoms with Crippen LogP contribution in [0, 0.1) is 0 Å². The lowest BCUT2D eigenvalue weighted by Gasteiger charge is -2.04. The van der Waals surface area contributed by atoms with E-state index in [1.54, 1.807) is 6.20 Å². The van der Waals surface area contributed by atoms with Gasteiger partial charge in [-0.1, -0.05) is 17.4 Å². The Morgan fingerprint density at radius 3 is 3.00 bits per heavy atom. The summed E-state index contributed by atoms with van der Waals surface area (Å²) in [6, 6.07) is 5.79. The largest absolute Gasteiger partial charge is 0.309 e. The van der Waals surface area contributed by atoms with Gasteiger partial charge in [-0.05, 0) is 39.2 Å². The number of carbonyl (C=O) groups excluding carboxylic acids is 1. The zero-order chi connectivity index (χ0) is 12.5. The van der Waals surface area contributed by atoms with E-state index in [1.165, 1.54) is 22.5 Å². The minimum absolute atomic E-state index is 0.119. The SMILES string of the molecule is O=C(Nc1ncc(Br)s1)c1ccc2c(c1)CNC2. The van der Waals surface area contributed by atoms with Gasteiger partial charge >= 0.3 is 0 Å². The summed E-state index contributed by atoms with van der Waals surface area (Å²) in [4.78, 5) is 16.1. The van der Waals surface area contributed by atoms with Crippen LogP contribution < -0.4 is 10.6 Å². The zero-order valence-corrected chi connectivity index (χ0v) is 11.8. The first kappa shape index (κ1) is 11.8. The molecule has 92 valence electrons. The average molecular weight is 324 g/mol. The molecule has 0 saturated heterocycles. The molecule has 3 rings (SSSR count). The lowest BCUT2D eigenvalue weighted by molar-refractivity contribution is 0.102. The van der Waals surface area contributed by atoms with Gasteiger partial charge in [0.05, 0.1) is 9.98 Å². The van der Waals surface area contributed by atoms with Crippen LogP contribution in [0.1, 0.15) is 21.5 Å². The predicted molar refractivity (Wildman–Crippen MR) is 74.8 cm³/mol. The van der Waals surface area contributed by atoms with Crippen LogP contribution in [0.4, 0.5) is 5.13 Å². The fraction of sp³-hybridized carbons (Fsp3) is 0.167. The van der Waals surface area contributed by atoms with Crippen LogP contribution >= 0.6 is 27.3 Å². The van der Waals surface area contributed by atoms with Crippen molar-refractivity contribution in [2.75, 3.05) is 5.32 Å². The highest BCUT2D eigenvalue weighted by atomic mass is 79.9. The monoisotopic (exact) mass is 323 g/mol. The third kappa shape index (κ3) is 2.31. The number of aromatic nitrogens is 1. The fourth-order valence-corrected chi connectivity index (χ4v) is 3.02. The molecule has 0 unspecified atom stereocenters. The number of carbonyl (C=O) groups is 1. The van der Waals surface area contributed by atoms with Crippen molar-refractivity contribution >= 4 is 38.3 Å². The quantitative estimate of drug-likeness (QED) is 0.893. The highest BCUT2D eigenvalue weighted by Crippen LogP contribution is 2.24. The first-order valence-electron chi connectivity index (χ1n) is 5.47. The lowest BCUT2D eigenvalue weighted by Crippen LogP contribution is -2.12. The molecule has 18 heavy (non-hydrogen) atoms. The standard InChI is InChI=1S/C12H10BrN3OS/c13-10-6-15-12(18-10)16-11(17)7-1-2-8-4-14-5-9(8)3-7/h1-3,6,14H,4-5H2,(H,15,16,17). The van der Waals surface area contributed by atoms with Crippen LogP contribution in [0.15, 0.2) is 28.2 Å². The Balaban J connectivity index is 1.80. The van der Waals surface area contributed by atoms with E-state index < -0.39 is 0 Å². The van der Waals surface area contributed by atoms with Crippen molar-refractivity contribution in [1.82, 2.24) is 10.3 Å². The summed E-state index contributed by atoms with van der Waals surface area (Å²) in [6.07, 6.45) is 1.67. The number of rotatable bonds is 2. The molecule has 0 atom stereocenters. The third-order valence-corrected chi connectivity index (χ3v) is 4.19. The number of fused-ring (bicyclic) bond motifs is 1. The summed E-state index contributed by atoms with van der Waals surface area (Å²) < 4.78 is 0.899. The van der Waals surface area contributed by atoms with Gasteiger partial charge in [0.25, 0.3) is 5.91 Å². The van der Waals surface area contributed by atoms with Crippen LogP contribution in [0.25, 0.3) is 0 Å². The zero-order valence-electron chi connectivity index (χ0n) is 9.37. The number of halogens is 1. The normalized spacial score (nSPS) is 13.4. The summed E-state index contributed by atoms with van der Waals surface area (Å²) >= 11 is 4.71. The number of hydrogen-bond donors (Lipinski definition) is 2. The number of anilines is 1. The molecule has 6 heteroatoms. The number of hydrogen-bond acceptors (Lipinski definition) is 4. The van der Waals surface area contributed by atoms with Crippen molar-refractivity contribution in [3.8, 4) is 0 Å². The van der Waals surface area contributed by atoms with Crippen molar-refractivity contribution in [2.24, 2.45) is 0 Å². The maximum atomic E-state index is 12.0. The average Bonchev–Trinajstić information content (AvgIpc) is 2.96. The number of nitrogens with zero attached hydrogens (tertiary/aromatic N) is 1. The molecule has 1 aromatic heterocycles. The molecule has 1 aliphatic heterocycles. The summed E-state index contributed by atoms with van der Waals surface area (Å²) in [5.41, 5.74) is 3.13. The van der Waals surface area contributed by atoms with E-state index in [2.05, 4.69) is 31.5 Å². The Morgan fingerprint density at radius 1 is 1.39 bits per heavy atom. The molecule has 2 heterocycles. The topological polar surface area (TPSA) is 54.0 Å². The highest BCUT2D eigenvalue weighted by molar-refractivity contribution is 9.11. The predicted octanol–water partition coefficient (Wildman–Crippen LogP) is 2.76. The van der Waals surface area contributed by atoms with E-state index in [-0.39, 0.29) is 5.91 Å². The Hall–Kier alpha value is -1.24. The maximum Gasteiger partial charge on any atom is 0.257 e. The second-order valence-corrected chi connectivity index (χ2v) is 6.42. The Morgan fingerprint density at radius 2 is 2.22 bits per heavy atom. The molecular formula is C12H10BrN3OS. The van der Waals surface area contributed by atoms with Gasteiger partial charge in [-0.25, -0.2) is 4.98 Å². The van der Waals surface area contributed by atoms with E-state index in [9.17, 15) is 4.79 Å². The number of amides is 1. The van der Waals surface area contributed by atoms with Gasteiger partial charge in [0.15, 0.2) is 5.13 Å². The molecule has 2 N–H and O–H groups in total. The molecule has 2 aromatic rings. The summed E-state index contributed by atoms with van der Waals surface area (Å²) in [5.74, 6) is -0.119. The van der Waals surface area contributed by atoms with E-state index in [1.807, 2.05) is 18.2 Å². The van der Waals surface area contributed by atoms with Crippen LogP contribution in [-0.2, 0) is 13.1 Å². The summed E-state index contributed by atoms with van der Waals surface area (Å²) in [7, 11) is 0. The first-order valence-corrected chi connectivity index (χ1v) is 7.08. The molecule has 4 nitrogen and oxygen atoms in total. The van der Waals surface area contributed by atoms with Crippen molar-refractivity contribution in [3.63, 3.8) is 0 Å². The molecule has 0 radical (unpaired) electrons. The molecule has 1 aliphatic rings. The van der Waals surface area contributed by atoms with Crippen molar-refractivity contribution in [2.45, 2.75) is 13.1 Å². The lowest BCUT2D eigenvalue weighted by atomic mass is 10.1. The molecule has 0 saturated carbocycles. The van der Waals surface area contributed by atoms with Crippen LogP contribution in [-0.4, -0.2) is 10.9 Å². The van der Waals surface area contributed by atoms with Gasteiger partial charge in [0, 0.05) is 18.7 Å². The Bertz CT molecular complexity index is 611. The summed E-state index contributed by atoms with van der Waals surface area (Å²) in [6.45, 7) is 1.72. The first-order chi connectivity index (χ1) is 8.72. The second kappa shape index (κ2) is 4.79. The number of thiazole rings is 1. The van der Waals surface area contributed by atoms with E-state index in [4.69, 9.17) is 0 Å². The highest BCUT2D eigenvalue weighted by Gasteiger charge is 2.14. The third-order valence-electron chi connectivity index (χ3n) is 2.80. The van der Waals surface area contributed by atoms with E-state index >= 15 is 0 Å². The van der Waals surface area contributed by atoms with Crippen molar-refractivity contribution in [1.29, 1.82) is 0 Å². The van der Waals surface area contributed by atoms with E-state index in [0.29, 0.717) is 10.7 Å². The van der Waals surface area contributed by atoms with Gasteiger partial charge in [-0.2, -0.15) is 0 Å². The van der Waals surface area contributed by atoms with Gasteiger partial charge in [0.1, 0.15) is 0 Å². The van der Waals surface area contributed by atoms with Gasteiger partial charge in [-0.3, -0.25) is 10.1 Å². The fourth-order valence-electron chi connectivity index (χ4n) is 1.92. The maximum absolute atomic E-state index is 12.0.